The van der Waals surface area contributed by atoms with Crippen molar-refractivity contribution in [3.05, 3.63) is 34.1 Å². The molecule has 0 aliphatic carbocycles. The molecule has 1 N–H and O–H groups in total. The molecule has 0 saturated heterocycles. The van der Waals surface area contributed by atoms with Crippen molar-refractivity contribution in [2.45, 2.75) is 25.4 Å². The summed E-state index contributed by atoms with van der Waals surface area (Å²) in [4.78, 5) is 0. The fraction of sp³-hybridized carbons (Fsp3) is 0.500. The van der Waals surface area contributed by atoms with E-state index in [9.17, 15) is 9.50 Å². The van der Waals surface area contributed by atoms with Crippen LogP contribution in [0.3, 0.4) is 0 Å². The minimum absolute atomic E-state index is 0.243. The van der Waals surface area contributed by atoms with Crippen molar-refractivity contribution >= 4 is 27.7 Å². The molecule has 0 saturated carbocycles. The third kappa shape index (κ3) is 4.85. The van der Waals surface area contributed by atoms with Gasteiger partial charge in [0.1, 0.15) is 5.82 Å². The van der Waals surface area contributed by atoms with Crippen molar-refractivity contribution in [1.82, 2.24) is 0 Å². The summed E-state index contributed by atoms with van der Waals surface area (Å²) >= 11 is 5.06. The Bertz CT molecular complexity index is 333. The zero-order chi connectivity index (χ0) is 12.0. The number of thioether (sulfide) groups is 1. The Labute approximate surface area is 109 Å². The second-order valence-electron chi connectivity index (χ2n) is 3.73. The summed E-state index contributed by atoms with van der Waals surface area (Å²) in [6.07, 6.45) is 3.68. The summed E-state index contributed by atoms with van der Waals surface area (Å²) in [6.45, 7) is 0. The van der Waals surface area contributed by atoms with Gasteiger partial charge in [0.2, 0.25) is 0 Å². The molecule has 4 heteroatoms. The highest BCUT2D eigenvalue weighted by Gasteiger charge is 2.09. The molecule has 0 aliphatic heterocycles. The third-order valence-electron chi connectivity index (χ3n) is 2.35. The summed E-state index contributed by atoms with van der Waals surface area (Å²) in [5.74, 6) is 0.796. The average molecular weight is 307 g/mol. The highest BCUT2D eigenvalue weighted by Crippen LogP contribution is 2.18. The maximum atomic E-state index is 13.4. The van der Waals surface area contributed by atoms with E-state index < -0.39 is 6.10 Å². The number of hydrogen-bond acceptors (Lipinski definition) is 2. The number of aliphatic hydroxyl groups excluding tert-OH is 1. The molecule has 1 unspecified atom stereocenters. The summed E-state index contributed by atoms with van der Waals surface area (Å²) in [7, 11) is 0. The lowest BCUT2D eigenvalue weighted by atomic mass is 10.0. The van der Waals surface area contributed by atoms with E-state index in [1.807, 2.05) is 6.26 Å². The molecule has 1 aromatic carbocycles. The normalized spacial score (nSPS) is 12.8. The highest BCUT2D eigenvalue weighted by molar-refractivity contribution is 9.10. The number of halogens is 2. The van der Waals surface area contributed by atoms with E-state index in [1.54, 1.807) is 23.9 Å². The number of benzene rings is 1. The summed E-state index contributed by atoms with van der Waals surface area (Å²) < 4.78 is 14.2. The molecule has 1 nitrogen and oxygen atoms in total. The molecule has 0 aliphatic rings. The Hall–Kier alpha value is -0.0600. The molecule has 90 valence electrons. The van der Waals surface area contributed by atoms with Crippen molar-refractivity contribution in [3.8, 4) is 0 Å². The maximum Gasteiger partial charge on any atom is 0.126 e. The summed E-state index contributed by atoms with van der Waals surface area (Å²) in [6, 6.07) is 4.82. The molecule has 0 amide bonds. The number of aliphatic hydroxyl groups is 1. The average Bonchev–Trinajstić information content (AvgIpc) is 2.24. The first kappa shape index (κ1) is 14.0. The second kappa shape index (κ2) is 7.30. The smallest absolute Gasteiger partial charge is 0.126 e. The van der Waals surface area contributed by atoms with E-state index in [2.05, 4.69) is 15.9 Å². The fourth-order valence-electron chi connectivity index (χ4n) is 1.52. The van der Waals surface area contributed by atoms with Gasteiger partial charge in [0, 0.05) is 10.9 Å². The Morgan fingerprint density at radius 2 is 2.25 bits per heavy atom. The van der Waals surface area contributed by atoms with Gasteiger partial charge in [-0.2, -0.15) is 11.8 Å². The summed E-state index contributed by atoms with van der Waals surface area (Å²) in [5.41, 5.74) is 0.575. The van der Waals surface area contributed by atoms with Crippen molar-refractivity contribution in [1.29, 1.82) is 0 Å². The van der Waals surface area contributed by atoms with Crippen LogP contribution in [0, 0.1) is 5.82 Å². The predicted molar refractivity (Wildman–Crippen MR) is 71.4 cm³/mol. The molecule has 1 atom stereocenters. The minimum Gasteiger partial charge on any atom is -0.393 e. The van der Waals surface area contributed by atoms with E-state index in [0.717, 1.165) is 23.1 Å². The first-order chi connectivity index (χ1) is 7.63. The van der Waals surface area contributed by atoms with E-state index in [0.29, 0.717) is 12.0 Å². The predicted octanol–water partition coefficient (Wildman–Crippen LogP) is 3.63. The second-order valence-corrected chi connectivity index (χ2v) is 5.63. The highest BCUT2D eigenvalue weighted by atomic mass is 79.9. The van der Waals surface area contributed by atoms with Crippen molar-refractivity contribution in [2.75, 3.05) is 12.0 Å². The fourth-order valence-corrected chi connectivity index (χ4v) is 2.38. The van der Waals surface area contributed by atoms with Gasteiger partial charge in [0.25, 0.3) is 0 Å². The number of rotatable bonds is 6. The molecule has 1 aromatic rings. The van der Waals surface area contributed by atoms with E-state index in [4.69, 9.17) is 0 Å². The molecule has 0 heterocycles. The van der Waals surface area contributed by atoms with Gasteiger partial charge in [-0.3, -0.25) is 0 Å². The van der Waals surface area contributed by atoms with Gasteiger partial charge in [-0.1, -0.05) is 15.9 Å². The molecule has 1 rings (SSSR count). The van der Waals surface area contributed by atoms with Crippen LogP contribution >= 0.6 is 27.7 Å². The minimum atomic E-state index is -0.448. The Morgan fingerprint density at radius 1 is 1.50 bits per heavy atom. The van der Waals surface area contributed by atoms with Gasteiger partial charge in [-0.15, -0.1) is 0 Å². The Balaban J connectivity index is 2.48. The van der Waals surface area contributed by atoms with Crippen LogP contribution < -0.4 is 0 Å². The van der Waals surface area contributed by atoms with Gasteiger partial charge in [0.05, 0.1) is 6.10 Å². The van der Waals surface area contributed by atoms with E-state index in [-0.39, 0.29) is 5.82 Å². The van der Waals surface area contributed by atoms with Crippen LogP contribution in [0.2, 0.25) is 0 Å². The van der Waals surface area contributed by atoms with Gasteiger partial charge in [0.15, 0.2) is 0 Å². The maximum absolute atomic E-state index is 13.4. The van der Waals surface area contributed by atoms with Crippen molar-refractivity contribution < 1.29 is 9.50 Å². The lowest BCUT2D eigenvalue weighted by Gasteiger charge is -2.11. The van der Waals surface area contributed by atoms with Crippen LogP contribution in [0.25, 0.3) is 0 Å². The number of hydrogen-bond donors (Lipinski definition) is 1. The van der Waals surface area contributed by atoms with Gasteiger partial charge < -0.3 is 5.11 Å². The first-order valence-corrected chi connectivity index (χ1v) is 7.43. The Kier molecular flexibility index (Phi) is 6.39. The Morgan fingerprint density at radius 3 is 2.94 bits per heavy atom. The SMILES string of the molecule is CSCCCC(O)Cc1cc(Br)ccc1F. The molecular weight excluding hydrogens is 291 g/mol. The molecule has 0 fully saturated rings. The third-order valence-corrected chi connectivity index (χ3v) is 3.54. The zero-order valence-corrected chi connectivity index (χ0v) is 11.7. The van der Waals surface area contributed by atoms with Crippen LogP contribution in [0.15, 0.2) is 22.7 Å². The van der Waals surface area contributed by atoms with Gasteiger partial charge >= 0.3 is 0 Å². The molecule has 0 radical (unpaired) electrons. The molecule has 0 bridgehead atoms. The van der Waals surface area contributed by atoms with Crippen LogP contribution in [-0.2, 0) is 6.42 Å². The van der Waals surface area contributed by atoms with Gasteiger partial charge in [-0.25, -0.2) is 4.39 Å². The van der Waals surface area contributed by atoms with Crippen molar-refractivity contribution in [3.63, 3.8) is 0 Å². The lowest BCUT2D eigenvalue weighted by molar-refractivity contribution is 0.163. The van der Waals surface area contributed by atoms with Crippen LogP contribution in [-0.4, -0.2) is 23.2 Å². The quantitative estimate of drug-likeness (QED) is 0.810. The molecule has 0 spiro atoms. The molecule has 16 heavy (non-hydrogen) atoms. The van der Waals surface area contributed by atoms with Gasteiger partial charge in [-0.05, 0) is 48.6 Å². The topological polar surface area (TPSA) is 20.2 Å². The van der Waals surface area contributed by atoms with Crippen LogP contribution in [0.4, 0.5) is 4.39 Å². The monoisotopic (exact) mass is 306 g/mol. The molecule has 0 aromatic heterocycles. The van der Waals surface area contributed by atoms with Crippen LogP contribution in [0.1, 0.15) is 18.4 Å². The molecular formula is C12H16BrFOS. The standard InChI is InChI=1S/C12H16BrFOS/c1-16-6-2-3-11(15)8-9-7-10(13)4-5-12(9)14/h4-5,7,11,15H,2-3,6,8H2,1H3. The lowest BCUT2D eigenvalue weighted by Crippen LogP contribution is -2.11. The van der Waals surface area contributed by atoms with E-state index in [1.165, 1.54) is 6.07 Å². The van der Waals surface area contributed by atoms with Crippen LogP contribution in [0.5, 0.6) is 0 Å². The summed E-state index contributed by atoms with van der Waals surface area (Å²) in [5, 5.41) is 9.75. The van der Waals surface area contributed by atoms with E-state index >= 15 is 0 Å². The first-order valence-electron chi connectivity index (χ1n) is 5.24. The zero-order valence-electron chi connectivity index (χ0n) is 9.25. The largest absolute Gasteiger partial charge is 0.393 e. The van der Waals surface area contributed by atoms with Crippen molar-refractivity contribution in [2.24, 2.45) is 0 Å².